The van der Waals surface area contributed by atoms with Gasteiger partial charge in [0, 0.05) is 18.8 Å². The minimum absolute atomic E-state index is 0.179. The SMILES string of the molecule is Nc1ccc2c(c1)CN(C(=O)C(F)(F)C(F)(F)F)CC2. The van der Waals surface area contributed by atoms with Crippen LogP contribution in [-0.2, 0) is 17.8 Å². The number of halogens is 5. The fraction of sp³-hybridized carbons (Fsp3) is 0.417. The molecule has 2 N–H and O–H groups in total. The van der Waals surface area contributed by atoms with Crippen LogP contribution >= 0.6 is 0 Å². The van der Waals surface area contributed by atoms with Gasteiger partial charge < -0.3 is 10.6 Å². The molecule has 1 aliphatic heterocycles. The summed E-state index contributed by atoms with van der Waals surface area (Å²) < 4.78 is 62.6. The number of hydrogen-bond donors (Lipinski definition) is 1. The summed E-state index contributed by atoms with van der Waals surface area (Å²) in [6, 6.07) is 4.76. The van der Waals surface area contributed by atoms with E-state index in [0.29, 0.717) is 16.2 Å². The lowest BCUT2D eigenvalue weighted by atomic mass is 9.98. The number of carbonyl (C=O) groups excluding carboxylic acids is 1. The number of alkyl halides is 5. The van der Waals surface area contributed by atoms with E-state index in [9.17, 15) is 26.7 Å². The Morgan fingerprint density at radius 2 is 1.80 bits per heavy atom. The van der Waals surface area contributed by atoms with Gasteiger partial charge in [-0.3, -0.25) is 4.79 Å². The molecule has 0 saturated carbocycles. The maximum atomic E-state index is 13.0. The van der Waals surface area contributed by atoms with Gasteiger partial charge in [0.25, 0.3) is 0 Å². The molecule has 1 heterocycles. The minimum atomic E-state index is -5.89. The van der Waals surface area contributed by atoms with E-state index in [1.165, 1.54) is 6.07 Å². The average molecular weight is 294 g/mol. The zero-order valence-corrected chi connectivity index (χ0v) is 10.2. The van der Waals surface area contributed by atoms with Crippen molar-refractivity contribution in [3.63, 3.8) is 0 Å². The van der Waals surface area contributed by atoms with Gasteiger partial charge in [-0.2, -0.15) is 22.0 Å². The van der Waals surface area contributed by atoms with E-state index in [4.69, 9.17) is 5.73 Å². The Bertz CT molecular complexity index is 541. The molecule has 1 aromatic rings. The largest absolute Gasteiger partial charge is 0.463 e. The Balaban J connectivity index is 2.23. The molecule has 0 spiro atoms. The predicted octanol–water partition coefficient (Wildman–Crippen LogP) is 2.35. The number of hydrogen-bond acceptors (Lipinski definition) is 2. The lowest BCUT2D eigenvalue weighted by Crippen LogP contribution is -2.53. The van der Waals surface area contributed by atoms with Crippen LogP contribution in [0.3, 0.4) is 0 Å². The highest BCUT2D eigenvalue weighted by atomic mass is 19.4. The standard InChI is InChI=1S/C12H11F5N2O/c13-11(14,12(15,16)17)10(20)19-4-3-7-1-2-9(18)5-8(7)6-19/h1-2,5H,3-4,6,18H2. The number of amides is 1. The number of nitrogen functional groups attached to an aromatic ring is 1. The van der Waals surface area contributed by atoms with Gasteiger partial charge in [-0.05, 0) is 29.7 Å². The second kappa shape index (κ2) is 4.60. The maximum Gasteiger partial charge on any atom is 0.463 e. The molecule has 0 atom stereocenters. The van der Waals surface area contributed by atoms with Crippen LogP contribution in [0.5, 0.6) is 0 Å². The van der Waals surface area contributed by atoms with Gasteiger partial charge in [-0.1, -0.05) is 6.07 Å². The number of benzene rings is 1. The number of fused-ring (bicyclic) bond motifs is 1. The highest BCUT2D eigenvalue weighted by Crippen LogP contribution is 2.37. The second-order valence-electron chi connectivity index (χ2n) is 4.58. The maximum absolute atomic E-state index is 13.0. The lowest BCUT2D eigenvalue weighted by molar-refractivity contribution is -0.274. The Labute approximate surface area is 111 Å². The summed E-state index contributed by atoms with van der Waals surface area (Å²) in [5.41, 5.74) is 7.17. The number of nitrogens with two attached hydrogens (primary N) is 1. The van der Waals surface area contributed by atoms with Crippen molar-refractivity contribution in [2.75, 3.05) is 12.3 Å². The van der Waals surface area contributed by atoms with E-state index in [-0.39, 0.29) is 19.5 Å². The van der Waals surface area contributed by atoms with Gasteiger partial charge in [0.05, 0.1) is 0 Å². The molecule has 0 bridgehead atoms. The predicted molar refractivity (Wildman–Crippen MR) is 61.0 cm³/mol. The smallest absolute Gasteiger partial charge is 0.399 e. The van der Waals surface area contributed by atoms with E-state index >= 15 is 0 Å². The van der Waals surface area contributed by atoms with Gasteiger partial charge in [0.2, 0.25) is 0 Å². The molecule has 2 rings (SSSR count). The molecule has 0 aliphatic carbocycles. The molecule has 8 heteroatoms. The van der Waals surface area contributed by atoms with Crippen molar-refractivity contribution in [2.45, 2.75) is 25.1 Å². The van der Waals surface area contributed by atoms with Crippen LogP contribution in [0, 0.1) is 0 Å². The molecule has 1 aromatic carbocycles. The van der Waals surface area contributed by atoms with Crippen molar-refractivity contribution < 1.29 is 26.7 Å². The molecule has 0 saturated heterocycles. The molecule has 0 aromatic heterocycles. The molecule has 1 aliphatic rings. The third-order valence-electron chi connectivity index (χ3n) is 3.15. The monoisotopic (exact) mass is 294 g/mol. The minimum Gasteiger partial charge on any atom is -0.399 e. The van der Waals surface area contributed by atoms with E-state index in [2.05, 4.69) is 0 Å². The number of anilines is 1. The Kier molecular flexibility index (Phi) is 3.35. The van der Waals surface area contributed by atoms with Crippen molar-refractivity contribution in [1.82, 2.24) is 4.90 Å². The van der Waals surface area contributed by atoms with E-state index in [0.717, 1.165) is 5.56 Å². The quantitative estimate of drug-likeness (QED) is 0.638. The van der Waals surface area contributed by atoms with Gasteiger partial charge in [-0.15, -0.1) is 0 Å². The first-order valence-electron chi connectivity index (χ1n) is 5.74. The van der Waals surface area contributed by atoms with Crippen LogP contribution in [0.4, 0.5) is 27.6 Å². The van der Waals surface area contributed by atoms with Crippen LogP contribution in [0.25, 0.3) is 0 Å². The normalized spacial score (nSPS) is 15.9. The Morgan fingerprint density at radius 3 is 2.40 bits per heavy atom. The van der Waals surface area contributed by atoms with Crippen LogP contribution < -0.4 is 5.73 Å². The van der Waals surface area contributed by atoms with Crippen molar-refractivity contribution in [1.29, 1.82) is 0 Å². The zero-order chi connectivity index (χ0) is 15.1. The molecule has 1 amide bonds. The molecular weight excluding hydrogens is 283 g/mol. The van der Waals surface area contributed by atoms with Crippen molar-refractivity contribution in [2.24, 2.45) is 0 Å². The molecule has 110 valence electrons. The highest BCUT2D eigenvalue weighted by molar-refractivity contribution is 5.84. The lowest BCUT2D eigenvalue weighted by Gasteiger charge is -2.32. The highest BCUT2D eigenvalue weighted by Gasteiger charge is 2.64. The molecule has 0 radical (unpaired) electrons. The van der Waals surface area contributed by atoms with Crippen LogP contribution in [0.1, 0.15) is 11.1 Å². The summed E-state index contributed by atoms with van der Waals surface area (Å²) in [6.07, 6.45) is -5.67. The fourth-order valence-electron chi connectivity index (χ4n) is 2.07. The van der Waals surface area contributed by atoms with Crippen LogP contribution in [0.2, 0.25) is 0 Å². The summed E-state index contributed by atoms with van der Waals surface area (Å²) in [7, 11) is 0. The van der Waals surface area contributed by atoms with Gasteiger partial charge >= 0.3 is 18.0 Å². The molecule has 0 fully saturated rings. The van der Waals surface area contributed by atoms with Crippen molar-refractivity contribution in [3.8, 4) is 0 Å². The first kappa shape index (κ1) is 14.5. The Hall–Kier alpha value is -1.86. The summed E-state index contributed by atoms with van der Waals surface area (Å²) >= 11 is 0. The summed E-state index contributed by atoms with van der Waals surface area (Å²) in [4.78, 5) is 11.9. The molecule has 3 nitrogen and oxygen atoms in total. The molecular formula is C12H11F5N2O. The van der Waals surface area contributed by atoms with Gasteiger partial charge in [0.1, 0.15) is 0 Å². The average Bonchev–Trinajstić information content (AvgIpc) is 2.35. The topological polar surface area (TPSA) is 46.3 Å². The third kappa shape index (κ3) is 2.41. The number of nitrogens with zero attached hydrogens (tertiary/aromatic N) is 1. The number of carbonyl (C=O) groups is 1. The van der Waals surface area contributed by atoms with E-state index in [1.54, 1.807) is 12.1 Å². The van der Waals surface area contributed by atoms with Crippen molar-refractivity contribution >= 4 is 11.6 Å². The Morgan fingerprint density at radius 1 is 1.15 bits per heavy atom. The van der Waals surface area contributed by atoms with E-state index < -0.39 is 18.0 Å². The first-order valence-corrected chi connectivity index (χ1v) is 5.74. The van der Waals surface area contributed by atoms with Crippen molar-refractivity contribution in [3.05, 3.63) is 29.3 Å². The second-order valence-corrected chi connectivity index (χ2v) is 4.58. The summed E-state index contributed by atoms with van der Waals surface area (Å²) in [6.45, 7) is -0.480. The van der Waals surface area contributed by atoms with Gasteiger partial charge in [-0.25, -0.2) is 0 Å². The third-order valence-corrected chi connectivity index (χ3v) is 3.15. The van der Waals surface area contributed by atoms with Gasteiger partial charge in [0.15, 0.2) is 0 Å². The van der Waals surface area contributed by atoms with E-state index in [1.807, 2.05) is 0 Å². The summed E-state index contributed by atoms with van der Waals surface area (Å²) in [5.74, 6) is -7.59. The van der Waals surface area contributed by atoms with Crippen LogP contribution in [-0.4, -0.2) is 29.5 Å². The first-order chi connectivity index (χ1) is 9.13. The number of rotatable bonds is 1. The van der Waals surface area contributed by atoms with Crippen LogP contribution in [0.15, 0.2) is 18.2 Å². The molecule has 0 unspecified atom stereocenters. The zero-order valence-electron chi connectivity index (χ0n) is 10.2. The summed E-state index contributed by atoms with van der Waals surface area (Å²) in [5, 5.41) is 0. The fourth-order valence-corrected chi connectivity index (χ4v) is 2.07. The molecule has 20 heavy (non-hydrogen) atoms.